The van der Waals surface area contributed by atoms with Gasteiger partial charge in [0.25, 0.3) is 0 Å². The highest BCUT2D eigenvalue weighted by Crippen LogP contribution is 2.05. The van der Waals surface area contributed by atoms with Crippen molar-refractivity contribution in [1.82, 2.24) is 0 Å². The molecule has 2 nitrogen and oxygen atoms in total. The average Bonchev–Trinajstić information content (AvgIpc) is 1.88. The Morgan fingerprint density at radius 3 is 2.67 bits per heavy atom. The van der Waals surface area contributed by atoms with Crippen LogP contribution in [-0.2, 0) is 0 Å². The highest BCUT2D eigenvalue weighted by molar-refractivity contribution is 7.40. The number of hydrogen-bond donors (Lipinski definition) is 1. The molecule has 0 saturated carbocycles. The first kappa shape index (κ1) is 8.51. The number of nitrogens with zero attached hydrogens (tertiary/aromatic N) is 1. The molecule has 1 atom stereocenters. The molecule has 0 aromatic heterocycles. The van der Waals surface area contributed by atoms with Gasteiger partial charge in [-0.3, -0.25) is 4.99 Å². The minimum Gasteiger partial charge on any atom is -0.308 e. The summed E-state index contributed by atoms with van der Waals surface area (Å²) in [6, 6.07) is 0. The van der Waals surface area contributed by atoms with Gasteiger partial charge in [0.1, 0.15) is 0 Å². The van der Waals surface area contributed by atoms with E-state index >= 15 is 0 Å². The minimum absolute atomic E-state index is 0.750. The Morgan fingerprint density at radius 2 is 2.33 bits per heavy atom. The molecule has 0 saturated heterocycles. The second-order valence-electron chi connectivity index (χ2n) is 1.46. The fourth-order valence-corrected chi connectivity index (χ4v) is 0.923. The monoisotopic (exact) mass is 142 g/mol. The first-order valence-electron chi connectivity index (χ1n) is 2.65. The summed E-state index contributed by atoms with van der Waals surface area (Å²) in [6.07, 6.45) is 2.99. The molecule has 0 heterocycles. The van der Waals surface area contributed by atoms with Crippen molar-refractivity contribution in [2.45, 2.75) is 0 Å². The van der Waals surface area contributed by atoms with Crippen molar-refractivity contribution >= 4 is 21.0 Å². The van der Waals surface area contributed by atoms with Gasteiger partial charge in [0.15, 0.2) is 0 Å². The van der Waals surface area contributed by atoms with E-state index in [1.54, 1.807) is 13.3 Å². The summed E-state index contributed by atoms with van der Waals surface area (Å²) in [5, 5.41) is 6.89. The number of allylic oxidation sites excluding steroid dienone is 1. The standard InChI is InChI=1S/C6H11N2P/c1-8-4-6(3-7)5-9-2/h3-5,7,9H,1-2H3. The molecular weight excluding hydrogens is 131 g/mol. The molecule has 0 aromatic rings. The van der Waals surface area contributed by atoms with Crippen molar-refractivity contribution in [2.75, 3.05) is 13.7 Å². The zero-order chi connectivity index (χ0) is 7.11. The van der Waals surface area contributed by atoms with E-state index in [9.17, 15) is 0 Å². The van der Waals surface area contributed by atoms with Gasteiger partial charge in [0.05, 0.1) is 0 Å². The Bertz CT molecular complexity index is 138. The quantitative estimate of drug-likeness (QED) is 0.458. The Kier molecular flexibility index (Phi) is 5.34. The molecule has 0 spiro atoms. The summed E-state index contributed by atoms with van der Waals surface area (Å²) in [7, 11) is 2.45. The molecular formula is C6H11N2P. The van der Waals surface area contributed by atoms with Crippen molar-refractivity contribution in [3.05, 3.63) is 11.4 Å². The lowest BCUT2D eigenvalue weighted by Crippen LogP contribution is -1.82. The van der Waals surface area contributed by atoms with E-state index in [1.807, 2.05) is 5.82 Å². The lowest BCUT2D eigenvalue weighted by atomic mass is 10.4. The lowest BCUT2D eigenvalue weighted by Gasteiger charge is -1.86. The number of hydrogen-bond acceptors (Lipinski definition) is 2. The first-order valence-corrected chi connectivity index (χ1v) is 4.23. The van der Waals surface area contributed by atoms with Crippen LogP contribution in [0.4, 0.5) is 0 Å². The maximum Gasteiger partial charge on any atom is 0.0296 e. The van der Waals surface area contributed by atoms with Crippen LogP contribution in [0.15, 0.2) is 16.4 Å². The lowest BCUT2D eigenvalue weighted by molar-refractivity contribution is 1.47. The van der Waals surface area contributed by atoms with E-state index < -0.39 is 0 Å². The molecule has 0 fully saturated rings. The molecule has 0 radical (unpaired) electrons. The Labute approximate surface area is 57.4 Å². The Hall–Kier alpha value is -0.490. The molecule has 50 valence electrons. The molecule has 3 heteroatoms. The highest BCUT2D eigenvalue weighted by Gasteiger charge is 1.80. The molecule has 0 amide bonds. The SMILES string of the molecule is CN=CC(C=N)=CPC. The third kappa shape index (κ3) is 4.04. The number of rotatable bonds is 3. The molecule has 0 rings (SSSR count). The van der Waals surface area contributed by atoms with Gasteiger partial charge in [0, 0.05) is 25.0 Å². The normalized spacial score (nSPS) is 13.8. The second-order valence-corrected chi connectivity index (χ2v) is 2.33. The molecule has 0 aliphatic rings. The van der Waals surface area contributed by atoms with E-state index in [0.717, 1.165) is 14.2 Å². The predicted octanol–water partition coefficient (Wildman–Crippen LogP) is 1.53. The van der Waals surface area contributed by atoms with Gasteiger partial charge < -0.3 is 5.41 Å². The summed E-state index contributed by atoms with van der Waals surface area (Å²) in [5.41, 5.74) is 0.887. The summed E-state index contributed by atoms with van der Waals surface area (Å²) in [6.45, 7) is 2.06. The van der Waals surface area contributed by atoms with Crippen LogP contribution in [0.1, 0.15) is 0 Å². The molecule has 1 unspecified atom stereocenters. The van der Waals surface area contributed by atoms with Gasteiger partial charge in [-0.25, -0.2) is 0 Å². The number of nitrogens with one attached hydrogen (secondary N) is 1. The van der Waals surface area contributed by atoms with Crippen LogP contribution in [0.25, 0.3) is 0 Å². The van der Waals surface area contributed by atoms with E-state index in [-0.39, 0.29) is 0 Å². The van der Waals surface area contributed by atoms with Crippen molar-refractivity contribution < 1.29 is 0 Å². The van der Waals surface area contributed by atoms with E-state index in [0.29, 0.717) is 0 Å². The largest absolute Gasteiger partial charge is 0.308 e. The molecule has 0 aromatic carbocycles. The summed E-state index contributed by atoms with van der Waals surface area (Å²) >= 11 is 0. The molecule has 0 aliphatic carbocycles. The zero-order valence-electron chi connectivity index (χ0n) is 5.68. The van der Waals surface area contributed by atoms with Crippen molar-refractivity contribution in [3.8, 4) is 0 Å². The maximum atomic E-state index is 6.89. The molecule has 1 N–H and O–H groups in total. The van der Waals surface area contributed by atoms with Gasteiger partial charge in [-0.05, 0) is 6.66 Å². The predicted molar refractivity (Wildman–Crippen MR) is 45.5 cm³/mol. The van der Waals surface area contributed by atoms with Crippen LogP contribution in [0, 0.1) is 5.41 Å². The van der Waals surface area contributed by atoms with Gasteiger partial charge in [-0.2, -0.15) is 0 Å². The van der Waals surface area contributed by atoms with Crippen LogP contribution in [-0.4, -0.2) is 26.1 Å². The van der Waals surface area contributed by atoms with E-state index in [2.05, 4.69) is 11.7 Å². The minimum atomic E-state index is 0.750. The first-order chi connectivity index (χ1) is 4.35. The van der Waals surface area contributed by atoms with E-state index in [4.69, 9.17) is 5.41 Å². The highest BCUT2D eigenvalue weighted by atomic mass is 31.1. The molecule has 0 aliphatic heterocycles. The molecule has 9 heavy (non-hydrogen) atoms. The Morgan fingerprint density at radius 1 is 1.67 bits per heavy atom. The van der Waals surface area contributed by atoms with Crippen molar-refractivity contribution in [3.63, 3.8) is 0 Å². The smallest absolute Gasteiger partial charge is 0.0296 e. The maximum absolute atomic E-state index is 6.89. The third-order valence-electron chi connectivity index (χ3n) is 0.756. The van der Waals surface area contributed by atoms with Gasteiger partial charge in [0.2, 0.25) is 0 Å². The second kappa shape index (κ2) is 5.64. The summed E-state index contributed by atoms with van der Waals surface area (Å²) in [4.78, 5) is 3.79. The van der Waals surface area contributed by atoms with Crippen LogP contribution >= 0.6 is 8.58 Å². The van der Waals surface area contributed by atoms with Crippen LogP contribution in [0.3, 0.4) is 0 Å². The van der Waals surface area contributed by atoms with Crippen molar-refractivity contribution in [1.29, 1.82) is 5.41 Å². The van der Waals surface area contributed by atoms with Crippen LogP contribution in [0.2, 0.25) is 0 Å². The summed E-state index contributed by atoms with van der Waals surface area (Å²) in [5.74, 6) is 1.99. The zero-order valence-corrected chi connectivity index (χ0v) is 6.68. The van der Waals surface area contributed by atoms with Gasteiger partial charge in [-0.15, -0.1) is 8.58 Å². The van der Waals surface area contributed by atoms with Gasteiger partial charge in [-0.1, -0.05) is 5.82 Å². The fourth-order valence-electron chi connectivity index (χ4n) is 0.432. The average molecular weight is 142 g/mol. The van der Waals surface area contributed by atoms with Crippen LogP contribution < -0.4 is 0 Å². The topological polar surface area (TPSA) is 36.2 Å². The van der Waals surface area contributed by atoms with Crippen molar-refractivity contribution in [2.24, 2.45) is 4.99 Å². The Balaban J connectivity index is 3.97. The number of aliphatic imine (C=N–C) groups is 1. The third-order valence-corrected chi connectivity index (χ3v) is 1.38. The summed E-state index contributed by atoms with van der Waals surface area (Å²) < 4.78 is 0. The van der Waals surface area contributed by atoms with Crippen LogP contribution in [0.5, 0.6) is 0 Å². The van der Waals surface area contributed by atoms with E-state index in [1.165, 1.54) is 6.21 Å². The molecule has 0 bridgehead atoms. The fraction of sp³-hybridized carbons (Fsp3) is 0.333. The van der Waals surface area contributed by atoms with Gasteiger partial charge >= 0.3 is 0 Å².